The first-order valence-corrected chi connectivity index (χ1v) is 6.71. The van der Waals surface area contributed by atoms with Crippen LogP contribution in [-0.2, 0) is 0 Å². The van der Waals surface area contributed by atoms with Gasteiger partial charge in [0.15, 0.2) is 0 Å². The lowest BCUT2D eigenvalue weighted by Crippen LogP contribution is -2.10. The summed E-state index contributed by atoms with van der Waals surface area (Å²) in [6.07, 6.45) is 0. The van der Waals surface area contributed by atoms with Crippen LogP contribution in [0.15, 0.2) is 53.0 Å². The van der Waals surface area contributed by atoms with E-state index in [4.69, 9.17) is 5.11 Å². The van der Waals surface area contributed by atoms with Crippen molar-refractivity contribution in [1.29, 1.82) is 0 Å². The molecule has 2 aromatic rings. The quantitative estimate of drug-likeness (QED) is 0.882. The molecule has 0 saturated heterocycles. The Labute approximate surface area is 120 Å². The van der Waals surface area contributed by atoms with Crippen LogP contribution in [0.25, 0.3) is 0 Å². The fourth-order valence-electron chi connectivity index (χ4n) is 1.89. The summed E-state index contributed by atoms with van der Waals surface area (Å²) < 4.78 is 1.00. The molecule has 0 radical (unpaired) electrons. The van der Waals surface area contributed by atoms with Gasteiger partial charge in [-0.15, -0.1) is 0 Å². The number of para-hydroxylation sites is 1. The maximum absolute atomic E-state index is 11.1. The van der Waals surface area contributed by atoms with Gasteiger partial charge in [-0.2, -0.15) is 0 Å². The normalized spacial score (nSPS) is 11.9. The molecule has 0 heterocycles. The molecule has 0 bridgehead atoms. The molecular formula is C15H14BrNO2. The number of hydrogen-bond donors (Lipinski definition) is 2. The van der Waals surface area contributed by atoms with Gasteiger partial charge in [0.25, 0.3) is 0 Å². The number of carbonyl (C=O) groups is 1. The molecule has 1 unspecified atom stereocenters. The van der Waals surface area contributed by atoms with Gasteiger partial charge in [-0.3, -0.25) is 0 Å². The van der Waals surface area contributed by atoms with Gasteiger partial charge in [0.1, 0.15) is 0 Å². The number of rotatable bonds is 4. The van der Waals surface area contributed by atoms with Crippen molar-refractivity contribution in [2.45, 2.75) is 13.0 Å². The summed E-state index contributed by atoms with van der Waals surface area (Å²) in [7, 11) is 0. The van der Waals surface area contributed by atoms with E-state index in [1.807, 2.05) is 37.3 Å². The molecular weight excluding hydrogens is 306 g/mol. The Bertz CT molecular complexity index is 598. The Morgan fingerprint density at radius 2 is 1.95 bits per heavy atom. The summed E-state index contributed by atoms with van der Waals surface area (Å²) in [6.45, 7) is 2.00. The number of carboxylic acids is 1. The van der Waals surface area contributed by atoms with Crippen LogP contribution in [0.5, 0.6) is 0 Å². The Balaban J connectivity index is 2.24. The number of anilines is 1. The molecule has 0 fully saturated rings. The van der Waals surface area contributed by atoms with Crippen LogP contribution in [0.4, 0.5) is 5.69 Å². The Hall–Kier alpha value is -1.81. The van der Waals surface area contributed by atoms with Crippen molar-refractivity contribution in [3.63, 3.8) is 0 Å². The van der Waals surface area contributed by atoms with Crippen LogP contribution < -0.4 is 5.32 Å². The number of benzene rings is 2. The van der Waals surface area contributed by atoms with Gasteiger partial charge in [0.05, 0.1) is 5.56 Å². The average molecular weight is 320 g/mol. The van der Waals surface area contributed by atoms with Crippen molar-refractivity contribution in [3.05, 3.63) is 64.1 Å². The smallest absolute Gasteiger partial charge is 0.337 e. The van der Waals surface area contributed by atoms with Crippen LogP contribution in [0, 0.1) is 0 Å². The maximum atomic E-state index is 11.1. The van der Waals surface area contributed by atoms with E-state index >= 15 is 0 Å². The summed E-state index contributed by atoms with van der Waals surface area (Å²) in [5.74, 6) is -0.926. The van der Waals surface area contributed by atoms with Crippen LogP contribution >= 0.6 is 15.9 Å². The number of aromatic carboxylic acids is 1. The molecule has 98 valence electrons. The largest absolute Gasteiger partial charge is 0.478 e. The second kappa shape index (κ2) is 5.89. The van der Waals surface area contributed by atoms with Gasteiger partial charge < -0.3 is 10.4 Å². The highest BCUT2D eigenvalue weighted by molar-refractivity contribution is 9.10. The number of hydrogen-bond acceptors (Lipinski definition) is 2. The first kappa shape index (κ1) is 13.6. The van der Waals surface area contributed by atoms with Gasteiger partial charge in [0.2, 0.25) is 0 Å². The van der Waals surface area contributed by atoms with Gasteiger partial charge in [-0.25, -0.2) is 4.79 Å². The fourth-order valence-corrected chi connectivity index (χ4v) is 2.30. The van der Waals surface area contributed by atoms with E-state index in [-0.39, 0.29) is 11.6 Å². The van der Waals surface area contributed by atoms with Crippen molar-refractivity contribution in [1.82, 2.24) is 0 Å². The zero-order valence-electron chi connectivity index (χ0n) is 10.4. The molecule has 19 heavy (non-hydrogen) atoms. The molecule has 2 aromatic carbocycles. The third kappa shape index (κ3) is 3.35. The van der Waals surface area contributed by atoms with E-state index in [0.717, 1.165) is 10.0 Å². The van der Waals surface area contributed by atoms with Crippen molar-refractivity contribution < 1.29 is 9.90 Å². The van der Waals surface area contributed by atoms with Crippen molar-refractivity contribution in [2.24, 2.45) is 0 Å². The highest BCUT2D eigenvalue weighted by Crippen LogP contribution is 2.24. The molecule has 4 heteroatoms. The van der Waals surface area contributed by atoms with Crippen molar-refractivity contribution in [3.8, 4) is 0 Å². The summed E-state index contributed by atoms with van der Waals surface area (Å²) >= 11 is 3.43. The molecule has 0 aliphatic rings. The Morgan fingerprint density at radius 3 is 2.63 bits per heavy atom. The van der Waals surface area contributed by atoms with Gasteiger partial charge in [0, 0.05) is 16.2 Å². The molecule has 0 aliphatic carbocycles. The van der Waals surface area contributed by atoms with E-state index in [0.29, 0.717) is 5.69 Å². The van der Waals surface area contributed by atoms with Crippen LogP contribution in [0.3, 0.4) is 0 Å². The van der Waals surface area contributed by atoms with Crippen LogP contribution in [0.1, 0.15) is 28.9 Å². The van der Waals surface area contributed by atoms with Crippen LogP contribution in [0.2, 0.25) is 0 Å². The minimum absolute atomic E-state index is 0.0259. The molecule has 0 amide bonds. The minimum Gasteiger partial charge on any atom is -0.478 e. The third-order valence-corrected chi connectivity index (χ3v) is 3.37. The highest BCUT2D eigenvalue weighted by atomic mass is 79.9. The summed E-state index contributed by atoms with van der Waals surface area (Å²) in [6, 6.07) is 14.9. The van der Waals surface area contributed by atoms with Gasteiger partial charge in [-0.1, -0.05) is 40.2 Å². The molecule has 1 atom stereocenters. The summed E-state index contributed by atoms with van der Waals surface area (Å²) in [5, 5.41) is 12.4. The van der Waals surface area contributed by atoms with Crippen molar-refractivity contribution >= 4 is 27.6 Å². The summed E-state index contributed by atoms with van der Waals surface area (Å²) in [4.78, 5) is 11.1. The van der Waals surface area contributed by atoms with Gasteiger partial charge in [-0.05, 0) is 36.8 Å². The fraction of sp³-hybridized carbons (Fsp3) is 0.133. The zero-order chi connectivity index (χ0) is 13.8. The van der Waals surface area contributed by atoms with Crippen LogP contribution in [-0.4, -0.2) is 11.1 Å². The average Bonchev–Trinajstić information content (AvgIpc) is 2.39. The first-order chi connectivity index (χ1) is 9.08. The van der Waals surface area contributed by atoms with E-state index in [9.17, 15) is 4.79 Å². The molecule has 0 saturated carbocycles. The predicted molar refractivity (Wildman–Crippen MR) is 79.6 cm³/mol. The summed E-state index contributed by atoms with van der Waals surface area (Å²) in [5.41, 5.74) is 2.00. The molecule has 0 aromatic heterocycles. The lowest BCUT2D eigenvalue weighted by Gasteiger charge is -2.17. The molecule has 2 rings (SSSR count). The van der Waals surface area contributed by atoms with Gasteiger partial charge >= 0.3 is 5.97 Å². The molecule has 0 spiro atoms. The standard InChI is InChI=1S/C15H14BrNO2/c1-10(11-5-4-6-12(16)9-11)17-14-8-3-2-7-13(14)15(18)19/h2-10,17H,1H3,(H,18,19). The maximum Gasteiger partial charge on any atom is 0.337 e. The number of nitrogens with one attached hydrogen (secondary N) is 1. The number of carboxylic acid groups (broad SMARTS) is 1. The SMILES string of the molecule is CC(Nc1ccccc1C(=O)O)c1cccc(Br)c1. The molecule has 2 N–H and O–H groups in total. The second-order valence-corrected chi connectivity index (χ2v) is 5.19. The molecule has 3 nitrogen and oxygen atoms in total. The predicted octanol–water partition coefficient (Wildman–Crippen LogP) is 4.32. The second-order valence-electron chi connectivity index (χ2n) is 4.27. The highest BCUT2D eigenvalue weighted by Gasteiger charge is 2.12. The zero-order valence-corrected chi connectivity index (χ0v) is 12.0. The number of halogens is 1. The van der Waals surface area contributed by atoms with Crippen molar-refractivity contribution in [2.75, 3.05) is 5.32 Å². The monoisotopic (exact) mass is 319 g/mol. The van der Waals surface area contributed by atoms with E-state index in [1.165, 1.54) is 0 Å². The third-order valence-electron chi connectivity index (χ3n) is 2.88. The lowest BCUT2D eigenvalue weighted by molar-refractivity contribution is 0.0698. The topological polar surface area (TPSA) is 49.3 Å². The van der Waals surface area contributed by atoms with E-state index in [1.54, 1.807) is 18.2 Å². The lowest BCUT2D eigenvalue weighted by atomic mass is 10.1. The van der Waals surface area contributed by atoms with E-state index < -0.39 is 5.97 Å². The Morgan fingerprint density at radius 1 is 1.21 bits per heavy atom. The molecule has 0 aliphatic heterocycles. The minimum atomic E-state index is -0.926. The van der Waals surface area contributed by atoms with E-state index in [2.05, 4.69) is 21.2 Å². The first-order valence-electron chi connectivity index (χ1n) is 5.92. The Kier molecular flexibility index (Phi) is 4.22.